The highest BCUT2D eigenvalue weighted by molar-refractivity contribution is 6.30. The lowest BCUT2D eigenvalue weighted by atomic mass is 10.2. The molecule has 0 unspecified atom stereocenters. The monoisotopic (exact) mass is 396 g/mol. The Morgan fingerprint density at radius 1 is 1.11 bits per heavy atom. The number of carbonyl (C=O) groups excluding carboxylic acids is 1. The van der Waals surface area contributed by atoms with Crippen LogP contribution in [0.15, 0.2) is 72.0 Å². The highest BCUT2D eigenvalue weighted by Gasteiger charge is 2.06. The first-order valence-electron chi connectivity index (χ1n) is 7.98. The summed E-state index contributed by atoms with van der Waals surface area (Å²) in [5.74, 6) is 0.392. The van der Waals surface area contributed by atoms with Crippen LogP contribution in [-0.2, 0) is 0 Å². The predicted octanol–water partition coefficient (Wildman–Crippen LogP) is 4.20. The number of hydrogen-bond acceptors (Lipinski definition) is 6. The van der Waals surface area contributed by atoms with E-state index in [0.29, 0.717) is 16.3 Å². The number of pyridine rings is 1. The molecule has 1 amide bonds. The number of benzene rings is 2. The number of hydrazone groups is 1. The highest BCUT2D eigenvalue weighted by atomic mass is 35.5. The summed E-state index contributed by atoms with van der Waals surface area (Å²) < 4.78 is 5.52. The van der Waals surface area contributed by atoms with E-state index in [4.69, 9.17) is 16.3 Å². The second kappa shape index (κ2) is 8.74. The van der Waals surface area contributed by atoms with E-state index in [-0.39, 0.29) is 17.5 Å². The SMILES string of the molecule is O=C(N/N=C/c1ccc(Oc2ccc([N+](=O)[O-])cn2)cc1)c1ccc(Cl)cc1. The number of aromatic nitrogens is 1. The van der Waals surface area contributed by atoms with Crippen molar-refractivity contribution in [2.75, 3.05) is 0 Å². The summed E-state index contributed by atoms with van der Waals surface area (Å²) in [6.45, 7) is 0. The second-order valence-electron chi connectivity index (χ2n) is 5.49. The third kappa shape index (κ3) is 5.12. The average molecular weight is 397 g/mol. The summed E-state index contributed by atoms with van der Waals surface area (Å²) in [7, 11) is 0. The van der Waals surface area contributed by atoms with Gasteiger partial charge in [0.25, 0.3) is 11.6 Å². The Balaban J connectivity index is 1.56. The third-order valence-electron chi connectivity index (χ3n) is 3.52. The molecule has 3 aromatic rings. The minimum atomic E-state index is -0.531. The van der Waals surface area contributed by atoms with Gasteiger partial charge in [0.1, 0.15) is 11.9 Å². The van der Waals surface area contributed by atoms with Gasteiger partial charge in [-0.25, -0.2) is 10.4 Å². The van der Waals surface area contributed by atoms with Gasteiger partial charge in [-0.3, -0.25) is 14.9 Å². The lowest BCUT2D eigenvalue weighted by Crippen LogP contribution is -2.17. The normalized spacial score (nSPS) is 10.6. The van der Waals surface area contributed by atoms with Gasteiger partial charge < -0.3 is 4.74 Å². The van der Waals surface area contributed by atoms with Crippen molar-refractivity contribution in [1.82, 2.24) is 10.4 Å². The van der Waals surface area contributed by atoms with Crippen molar-refractivity contribution in [3.63, 3.8) is 0 Å². The standard InChI is InChI=1S/C19H13ClN4O4/c20-15-5-3-14(4-6-15)19(25)23-22-11-13-1-8-17(9-2-13)28-18-10-7-16(12-21-18)24(26)27/h1-12H,(H,23,25)/b22-11+. The second-order valence-corrected chi connectivity index (χ2v) is 5.93. The number of nitro groups is 1. The maximum Gasteiger partial charge on any atom is 0.287 e. The van der Waals surface area contributed by atoms with Crippen LogP contribution in [0.5, 0.6) is 11.6 Å². The van der Waals surface area contributed by atoms with Crippen LogP contribution in [0, 0.1) is 10.1 Å². The van der Waals surface area contributed by atoms with Gasteiger partial charge in [-0.2, -0.15) is 5.10 Å². The van der Waals surface area contributed by atoms with Gasteiger partial charge in [-0.1, -0.05) is 11.6 Å². The van der Waals surface area contributed by atoms with E-state index in [1.54, 1.807) is 48.5 Å². The Morgan fingerprint density at radius 2 is 1.82 bits per heavy atom. The molecular weight excluding hydrogens is 384 g/mol. The molecule has 0 aliphatic rings. The number of ether oxygens (including phenoxy) is 1. The summed E-state index contributed by atoms with van der Waals surface area (Å²) in [5.41, 5.74) is 3.50. The Hall–Kier alpha value is -3.78. The summed E-state index contributed by atoms with van der Waals surface area (Å²) in [5, 5.41) is 15.1. The zero-order valence-electron chi connectivity index (χ0n) is 14.3. The van der Waals surface area contributed by atoms with Crippen LogP contribution in [0.4, 0.5) is 5.69 Å². The molecule has 1 aromatic heterocycles. The summed E-state index contributed by atoms with van der Waals surface area (Å²) in [6, 6.07) is 16.0. The molecule has 1 N–H and O–H groups in total. The fourth-order valence-electron chi connectivity index (χ4n) is 2.11. The first-order valence-corrected chi connectivity index (χ1v) is 8.36. The Bertz CT molecular complexity index is 1000. The zero-order chi connectivity index (χ0) is 19.9. The van der Waals surface area contributed by atoms with Crippen molar-refractivity contribution in [2.24, 2.45) is 5.10 Å². The van der Waals surface area contributed by atoms with Gasteiger partial charge in [-0.15, -0.1) is 0 Å². The summed E-state index contributed by atoms with van der Waals surface area (Å²) in [4.78, 5) is 25.9. The van der Waals surface area contributed by atoms with Crippen molar-refractivity contribution in [2.45, 2.75) is 0 Å². The fourth-order valence-corrected chi connectivity index (χ4v) is 2.24. The van der Waals surface area contributed by atoms with E-state index in [1.165, 1.54) is 18.3 Å². The maximum atomic E-state index is 11.9. The van der Waals surface area contributed by atoms with Gasteiger partial charge in [0.15, 0.2) is 0 Å². The molecule has 0 atom stereocenters. The van der Waals surface area contributed by atoms with Crippen molar-refractivity contribution in [3.05, 3.63) is 93.1 Å². The number of nitrogens with zero attached hydrogens (tertiary/aromatic N) is 3. The number of hydrogen-bond donors (Lipinski definition) is 1. The molecule has 0 spiro atoms. The molecule has 0 aliphatic carbocycles. The van der Waals surface area contributed by atoms with Crippen LogP contribution in [-0.4, -0.2) is 22.0 Å². The maximum absolute atomic E-state index is 11.9. The molecule has 2 aromatic carbocycles. The number of carbonyl (C=O) groups is 1. The molecule has 0 saturated carbocycles. The van der Waals surface area contributed by atoms with Crippen LogP contribution in [0.1, 0.15) is 15.9 Å². The largest absolute Gasteiger partial charge is 0.439 e. The molecule has 8 nitrogen and oxygen atoms in total. The molecule has 0 fully saturated rings. The molecule has 0 saturated heterocycles. The smallest absolute Gasteiger partial charge is 0.287 e. The molecule has 0 aliphatic heterocycles. The van der Waals surface area contributed by atoms with Gasteiger partial charge in [-0.05, 0) is 54.1 Å². The van der Waals surface area contributed by atoms with E-state index in [2.05, 4.69) is 15.5 Å². The van der Waals surface area contributed by atoms with Gasteiger partial charge in [0, 0.05) is 22.7 Å². The molecule has 3 rings (SSSR count). The quantitative estimate of drug-likeness (QED) is 0.381. The molecule has 9 heteroatoms. The zero-order valence-corrected chi connectivity index (χ0v) is 15.0. The van der Waals surface area contributed by atoms with E-state index >= 15 is 0 Å². The third-order valence-corrected chi connectivity index (χ3v) is 3.77. The van der Waals surface area contributed by atoms with Gasteiger partial charge in [0.2, 0.25) is 5.88 Å². The minimum Gasteiger partial charge on any atom is -0.439 e. The number of amides is 1. The molecule has 28 heavy (non-hydrogen) atoms. The van der Waals surface area contributed by atoms with Gasteiger partial charge in [0.05, 0.1) is 11.1 Å². The number of rotatable bonds is 6. The molecule has 0 bridgehead atoms. The van der Waals surface area contributed by atoms with Crippen molar-refractivity contribution < 1.29 is 14.5 Å². The van der Waals surface area contributed by atoms with Crippen LogP contribution in [0.2, 0.25) is 5.02 Å². The minimum absolute atomic E-state index is 0.112. The first kappa shape index (κ1) is 19.0. The van der Waals surface area contributed by atoms with E-state index in [0.717, 1.165) is 11.8 Å². The lowest BCUT2D eigenvalue weighted by Gasteiger charge is -2.04. The molecule has 1 heterocycles. The van der Waals surface area contributed by atoms with Crippen molar-refractivity contribution in [3.8, 4) is 11.6 Å². The van der Waals surface area contributed by atoms with Crippen LogP contribution < -0.4 is 10.2 Å². The van der Waals surface area contributed by atoms with Gasteiger partial charge >= 0.3 is 0 Å². The predicted molar refractivity (Wildman–Crippen MR) is 104 cm³/mol. The summed E-state index contributed by atoms with van der Waals surface area (Å²) in [6.07, 6.45) is 2.61. The molecular formula is C19H13ClN4O4. The van der Waals surface area contributed by atoms with Crippen LogP contribution in [0.3, 0.4) is 0 Å². The molecule has 140 valence electrons. The number of nitrogens with one attached hydrogen (secondary N) is 1. The Morgan fingerprint density at radius 3 is 2.43 bits per heavy atom. The van der Waals surface area contributed by atoms with E-state index in [1.807, 2.05) is 0 Å². The highest BCUT2D eigenvalue weighted by Crippen LogP contribution is 2.21. The van der Waals surface area contributed by atoms with Crippen molar-refractivity contribution in [1.29, 1.82) is 0 Å². The van der Waals surface area contributed by atoms with E-state index in [9.17, 15) is 14.9 Å². The lowest BCUT2D eigenvalue weighted by molar-refractivity contribution is -0.385. The summed E-state index contributed by atoms with van der Waals surface area (Å²) >= 11 is 5.78. The van der Waals surface area contributed by atoms with Crippen LogP contribution in [0.25, 0.3) is 0 Å². The van der Waals surface area contributed by atoms with Crippen molar-refractivity contribution >= 4 is 29.4 Å². The van der Waals surface area contributed by atoms with Crippen LogP contribution >= 0.6 is 11.6 Å². The first-order chi connectivity index (χ1) is 13.5. The van der Waals surface area contributed by atoms with E-state index < -0.39 is 4.92 Å². The Labute approximate surface area is 164 Å². The topological polar surface area (TPSA) is 107 Å². The fraction of sp³-hybridized carbons (Fsp3) is 0. The molecule has 0 radical (unpaired) electrons. The number of halogens is 1. The Kier molecular flexibility index (Phi) is 5.93. The average Bonchev–Trinajstić information content (AvgIpc) is 2.70.